The molecule has 0 aliphatic rings. The Bertz CT molecular complexity index is 941. The fourth-order valence-electron chi connectivity index (χ4n) is 3.29. The molecule has 7 heteroatoms. The molecule has 3 aromatic rings. The van der Waals surface area contributed by atoms with Crippen LogP contribution < -0.4 is 4.90 Å². The number of carbonyl (C=O) groups is 1. The van der Waals surface area contributed by atoms with Crippen molar-refractivity contribution in [2.45, 2.75) is 40.7 Å². The van der Waals surface area contributed by atoms with E-state index in [-0.39, 0.29) is 11.9 Å². The number of fused-ring (bicyclic) bond motifs is 1. The molecule has 0 fully saturated rings. The minimum Gasteiger partial charge on any atom is -0.302 e. The first-order chi connectivity index (χ1) is 13.5. The van der Waals surface area contributed by atoms with Crippen molar-refractivity contribution >= 4 is 32.6 Å². The van der Waals surface area contributed by atoms with Crippen molar-refractivity contribution in [1.82, 2.24) is 19.7 Å². The zero-order valence-corrected chi connectivity index (χ0v) is 18.2. The van der Waals surface area contributed by atoms with Crippen LogP contribution >= 0.6 is 11.3 Å². The lowest BCUT2D eigenvalue weighted by Crippen LogP contribution is -2.39. The highest BCUT2D eigenvalue weighted by Crippen LogP contribution is 2.31. The van der Waals surface area contributed by atoms with Crippen molar-refractivity contribution in [3.05, 3.63) is 41.7 Å². The van der Waals surface area contributed by atoms with Crippen LogP contribution in [0.5, 0.6) is 0 Å². The van der Waals surface area contributed by atoms with Crippen LogP contribution in [0.1, 0.15) is 49.8 Å². The smallest absolute Gasteiger partial charge is 0.278 e. The van der Waals surface area contributed by atoms with Gasteiger partial charge in [-0.2, -0.15) is 5.10 Å². The molecule has 2 heterocycles. The summed E-state index contributed by atoms with van der Waals surface area (Å²) in [6, 6.07) is 8.08. The monoisotopic (exact) mass is 399 g/mol. The molecule has 28 heavy (non-hydrogen) atoms. The van der Waals surface area contributed by atoms with Gasteiger partial charge in [-0.25, -0.2) is 4.98 Å². The van der Waals surface area contributed by atoms with Crippen molar-refractivity contribution in [3.8, 4) is 0 Å². The van der Waals surface area contributed by atoms with Gasteiger partial charge in [0.2, 0.25) is 0 Å². The number of hydrogen-bond acceptors (Lipinski definition) is 5. The SMILES string of the molecule is CCN(CC)CCN(C(=O)c1ccnn1C(C)C)c1nc2c(C)cccc2s1. The Morgan fingerprint density at radius 2 is 1.93 bits per heavy atom. The molecular weight excluding hydrogens is 370 g/mol. The van der Waals surface area contributed by atoms with Gasteiger partial charge < -0.3 is 4.90 Å². The topological polar surface area (TPSA) is 54.3 Å². The molecule has 0 saturated heterocycles. The predicted octanol–water partition coefficient (Wildman–Crippen LogP) is 4.37. The highest BCUT2D eigenvalue weighted by Gasteiger charge is 2.25. The summed E-state index contributed by atoms with van der Waals surface area (Å²) in [4.78, 5) is 22.5. The maximum absolute atomic E-state index is 13.5. The van der Waals surface area contributed by atoms with Crippen molar-refractivity contribution in [2.75, 3.05) is 31.1 Å². The van der Waals surface area contributed by atoms with E-state index in [1.807, 2.05) is 24.8 Å². The van der Waals surface area contributed by atoms with Crippen LogP contribution in [0.3, 0.4) is 0 Å². The molecule has 0 unspecified atom stereocenters. The lowest BCUT2D eigenvalue weighted by Gasteiger charge is -2.25. The van der Waals surface area contributed by atoms with Crippen LogP contribution in [0.4, 0.5) is 5.13 Å². The molecule has 6 nitrogen and oxygen atoms in total. The van der Waals surface area contributed by atoms with Gasteiger partial charge in [-0.05, 0) is 51.6 Å². The summed E-state index contributed by atoms with van der Waals surface area (Å²) in [5.41, 5.74) is 2.70. The van der Waals surface area contributed by atoms with Gasteiger partial charge in [0.05, 0.1) is 10.2 Å². The molecule has 0 saturated carbocycles. The number of carbonyl (C=O) groups excluding carboxylic acids is 1. The highest BCUT2D eigenvalue weighted by molar-refractivity contribution is 7.22. The van der Waals surface area contributed by atoms with E-state index in [0.717, 1.165) is 40.5 Å². The second-order valence-corrected chi connectivity index (χ2v) is 8.17. The Morgan fingerprint density at radius 1 is 1.18 bits per heavy atom. The lowest BCUT2D eigenvalue weighted by atomic mass is 10.2. The molecule has 150 valence electrons. The Balaban J connectivity index is 1.99. The minimum absolute atomic E-state index is 0.0462. The van der Waals surface area contributed by atoms with Crippen LogP contribution in [0.2, 0.25) is 0 Å². The van der Waals surface area contributed by atoms with E-state index in [9.17, 15) is 4.79 Å². The normalized spacial score (nSPS) is 11.7. The van der Waals surface area contributed by atoms with Crippen LogP contribution in [0.25, 0.3) is 10.2 Å². The average molecular weight is 400 g/mol. The van der Waals surface area contributed by atoms with E-state index in [4.69, 9.17) is 4.98 Å². The van der Waals surface area contributed by atoms with Gasteiger partial charge in [0.25, 0.3) is 5.91 Å². The second-order valence-electron chi connectivity index (χ2n) is 7.16. The molecule has 0 radical (unpaired) electrons. The fraction of sp³-hybridized carbons (Fsp3) is 0.476. The third-order valence-corrected chi connectivity index (χ3v) is 6.04. The summed E-state index contributed by atoms with van der Waals surface area (Å²) in [6.07, 6.45) is 1.69. The Morgan fingerprint density at radius 3 is 2.57 bits per heavy atom. The third-order valence-electron chi connectivity index (χ3n) is 5.00. The largest absolute Gasteiger partial charge is 0.302 e. The number of amides is 1. The summed E-state index contributed by atoms with van der Waals surface area (Å²) in [5.74, 6) is -0.0462. The van der Waals surface area contributed by atoms with Crippen molar-refractivity contribution in [3.63, 3.8) is 0 Å². The molecule has 0 atom stereocenters. The maximum atomic E-state index is 13.5. The van der Waals surface area contributed by atoms with Crippen LogP contribution in [0, 0.1) is 6.92 Å². The number of para-hydroxylation sites is 1. The Labute approximate surface area is 170 Å². The molecule has 3 rings (SSSR count). The van der Waals surface area contributed by atoms with Crippen molar-refractivity contribution in [1.29, 1.82) is 0 Å². The van der Waals surface area contributed by atoms with Crippen LogP contribution in [-0.4, -0.2) is 51.8 Å². The first kappa shape index (κ1) is 20.5. The number of thiazole rings is 1. The standard InChI is InChI=1S/C21H29N5OS/c1-6-24(7-2)13-14-25(20(27)17-11-12-22-26(17)15(3)4)21-23-19-16(5)9-8-10-18(19)28-21/h8-12,15H,6-7,13-14H2,1-5H3. The van der Waals surface area contributed by atoms with Gasteiger partial charge in [0, 0.05) is 25.3 Å². The molecule has 1 amide bonds. The summed E-state index contributed by atoms with van der Waals surface area (Å²) in [7, 11) is 0. The van der Waals surface area contributed by atoms with E-state index >= 15 is 0 Å². The number of nitrogens with zero attached hydrogens (tertiary/aromatic N) is 5. The van der Waals surface area contributed by atoms with Gasteiger partial charge in [-0.1, -0.05) is 37.3 Å². The van der Waals surface area contributed by atoms with Gasteiger partial charge in [0.1, 0.15) is 5.69 Å². The molecule has 2 aromatic heterocycles. The molecule has 0 N–H and O–H groups in total. The lowest BCUT2D eigenvalue weighted by molar-refractivity contribution is 0.0971. The van der Waals surface area contributed by atoms with E-state index in [1.54, 1.807) is 28.3 Å². The average Bonchev–Trinajstić information content (AvgIpc) is 3.32. The van der Waals surface area contributed by atoms with E-state index in [1.165, 1.54) is 0 Å². The number of hydrogen-bond donors (Lipinski definition) is 0. The van der Waals surface area contributed by atoms with Gasteiger partial charge >= 0.3 is 0 Å². The van der Waals surface area contributed by atoms with Gasteiger partial charge in [0.15, 0.2) is 5.13 Å². The quantitative estimate of drug-likeness (QED) is 0.564. The minimum atomic E-state index is -0.0462. The predicted molar refractivity (Wildman–Crippen MR) is 116 cm³/mol. The number of aromatic nitrogens is 3. The number of aryl methyl sites for hydroxylation is 1. The van der Waals surface area contributed by atoms with Gasteiger partial charge in [-0.3, -0.25) is 14.4 Å². The second kappa shape index (κ2) is 8.84. The van der Waals surface area contributed by atoms with Crippen LogP contribution in [-0.2, 0) is 0 Å². The Hall–Kier alpha value is -2.25. The first-order valence-corrected chi connectivity index (χ1v) is 10.7. The number of anilines is 1. The van der Waals surface area contributed by atoms with Crippen molar-refractivity contribution in [2.24, 2.45) is 0 Å². The van der Waals surface area contributed by atoms with Gasteiger partial charge in [-0.15, -0.1) is 0 Å². The Kier molecular flexibility index (Phi) is 6.46. The zero-order chi connectivity index (χ0) is 20.3. The number of likely N-dealkylation sites (N-methyl/N-ethyl adjacent to an activating group) is 1. The number of benzene rings is 1. The molecule has 0 spiro atoms. The summed E-state index contributed by atoms with van der Waals surface area (Å²) in [6.45, 7) is 13.7. The first-order valence-electron chi connectivity index (χ1n) is 9.90. The fourth-order valence-corrected chi connectivity index (χ4v) is 4.36. The van der Waals surface area contributed by atoms with E-state index in [2.05, 4.69) is 42.9 Å². The summed E-state index contributed by atoms with van der Waals surface area (Å²) >= 11 is 1.57. The third kappa shape index (κ3) is 4.10. The zero-order valence-electron chi connectivity index (χ0n) is 17.3. The number of rotatable bonds is 8. The summed E-state index contributed by atoms with van der Waals surface area (Å²) in [5, 5.41) is 5.09. The van der Waals surface area contributed by atoms with E-state index in [0.29, 0.717) is 12.2 Å². The summed E-state index contributed by atoms with van der Waals surface area (Å²) < 4.78 is 2.89. The molecule has 1 aromatic carbocycles. The highest BCUT2D eigenvalue weighted by atomic mass is 32.1. The molecule has 0 bridgehead atoms. The van der Waals surface area contributed by atoms with Crippen molar-refractivity contribution < 1.29 is 4.79 Å². The molecule has 0 aliphatic carbocycles. The molecule has 0 aliphatic heterocycles. The van der Waals surface area contributed by atoms with E-state index < -0.39 is 0 Å². The van der Waals surface area contributed by atoms with Crippen LogP contribution in [0.15, 0.2) is 30.5 Å². The maximum Gasteiger partial charge on any atom is 0.278 e. The molecular formula is C21H29N5OS.